The summed E-state index contributed by atoms with van der Waals surface area (Å²) in [4.78, 5) is 34.9. The number of unbranched alkanes of at least 4 members (excludes halogenated alkanes) is 23. The van der Waals surface area contributed by atoms with Crippen molar-refractivity contribution in [3.05, 3.63) is 12.2 Å². The Balaban J connectivity index is 4.30. The number of phosphoric acid groups is 1. The number of allylic oxidation sites excluding steroid dienone is 2. The molecule has 0 aromatic heterocycles. The summed E-state index contributed by atoms with van der Waals surface area (Å²) >= 11 is 0. The van der Waals surface area contributed by atoms with Crippen LogP contribution in [-0.2, 0) is 32.7 Å². The number of rotatable bonds is 39. The van der Waals surface area contributed by atoms with Crippen molar-refractivity contribution < 1.29 is 47.8 Å². The van der Waals surface area contributed by atoms with E-state index in [9.17, 15) is 24.2 Å². The van der Waals surface area contributed by atoms with Crippen LogP contribution in [0.5, 0.6) is 0 Å². The maximum Gasteiger partial charge on any atom is 0.472 e. The highest BCUT2D eigenvalue weighted by atomic mass is 31.2. The number of hydrogen-bond acceptors (Lipinski definition) is 9. The largest absolute Gasteiger partial charge is 0.472 e. The summed E-state index contributed by atoms with van der Waals surface area (Å²) in [5.41, 5.74) is 0. The zero-order valence-electron chi connectivity index (χ0n) is 32.6. The van der Waals surface area contributed by atoms with Crippen LogP contribution < -0.4 is 0 Å². The lowest BCUT2D eigenvalue weighted by atomic mass is 10.0. The third kappa shape index (κ3) is 36.8. The summed E-state index contributed by atoms with van der Waals surface area (Å²) in [7, 11) is -4.61. The van der Waals surface area contributed by atoms with Crippen LogP contribution in [0.1, 0.15) is 194 Å². The summed E-state index contributed by atoms with van der Waals surface area (Å²) in [6, 6.07) is 0. The van der Waals surface area contributed by atoms with E-state index >= 15 is 0 Å². The molecule has 11 heteroatoms. The first-order valence-corrected chi connectivity index (χ1v) is 22.1. The van der Waals surface area contributed by atoms with Gasteiger partial charge in [-0.25, -0.2) is 4.57 Å². The highest BCUT2D eigenvalue weighted by Gasteiger charge is 2.27. The maximum absolute atomic E-state index is 12.6. The van der Waals surface area contributed by atoms with E-state index in [0.717, 1.165) is 57.8 Å². The molecule has 3 atom stereocenters. The van der Waals surface area contributed by atoms with Crippen LogP contribution >= 0.6 is 7.82 Å². The van der Waals surface area contributed by atoms with Gasteiger partial charge < -0.3 is 24.6 Å². The zero-order valence-corrected chi connectivity index (χ0v) is 33.5. The minimum atomic E-state index is -4.61. The Morgan fingerprint density at radius 3 is 1.43 bits per heavy atom. The smallest absolute Gasteiger partial charge is 0.462 e. The molecule has 0 aliphatic rings. The van der Waals surface area contributed by atoms with Gasteiger partial charge in [-0.1, -0.05) is 154 Å². The van der Waals surface area contributed by atoms with Gasteiger partial charge in [0.2, 0.25) is 0 Å². The van der Waals surface area contributed by atoms with E-state index in [4.69, 9.17) is 19.1 Å². The monoisotopic (exact) mass is 749 g/mol. The number of aliphatic hydroxyl groups is 2. The minimum Gasteiger partial charge on any atom is -0.462 e. The van der Waals surface area contributed by atoms with Gasteiger partial charge in [-0.2, -0.15) is 0 Å². The maximum atomic E-state index is 12.6. The molecule has 10 nitrogen and oxygen atoms in total. The van der Waals surface area contributed by atoms with Crippen molar-refractivity contribution in [3.8, 4) is 0 Å². The molecule has 0 aliphatic carbocycles. The van der Waals surface area contributed by atoms with Gasteiger partial charge in [0.05, 0.1) is 19.8 Å². The molecule has 51 heavy (non-hydrogen) atoms. The highest BCUT2D eigenvalue weighted by molar-refractivity contribution is 7.47. The van der Waals surface area contributed by atoms with Crippen molar-refractivity contribution in [1.82, 2.24) is 0 Å². The topological polar surface area (TPSA) is 149 Å². The van der Waals surface area contributed by atoms with E-state index in [1.807, 2.05) is 0 Å². The number of hydrogen-bond donors (Lipinski definition) is 3. The molecule has 0 saturated carbocycles. The Morgan fingerprint density at radius 2 is 0.961 bits per heavy atom. The number of aliphatic hydroxyl groups excluding tert-OH is 2. The quantitative estimate of drug-likeness (QED) is 0.0240. The van der Waals surface area contributed by atoms with Gasteiger partial charge in [0, 0.05) is 12.8 Å². The highest BCUT2D eigenvalue weighted by Crippen LogP contribution is 2.43. The molecule has 302 valence electrons. The van der Waals surface area contributed by atoms with E-state index in [1.165, 1.54) is 96.3 Å². The Bertz CT molecular complexity index is 868. The van der Waals surface area contributed by atoms with Crippen LogP contribution in [0.15, 0.2) is 12.2 Å². The minimum absolute atomic E-state index is 0.178. The molecule has 0 fully saturated rings. The molecule has 0 aromatic carbocycles. The number of ether oxygens (including phenoxy) is 2. The van der Waals surface area contributed by atoms with Crippen LogP contribution in [0.25, 0.3) is 0 Å². The fraction of sp³-hybridized carbons (Fsp3) is 0.900. The Hall–Kier alpha value is -1.29. The van der Waals surface area contributed by atoms with Crippen LogP contribution in [0.2, 0.25) is 0 Å². The zero-order chi connectivity index (χ0) is 37.7. The predicted octanol–water partition coefficient (Wildman–Crippen LogP) is 10.4. The molecule has 0 aromatic rings. The molecule has 0 bridgehead atoms. The molecular formula is C40H77O10P. The van der Waals surface area contributed by atoms with Gasteiger partial charge in [-0.3, -0.25) is 18.6 Å². The van der Waals surface area contributed by atoms with E-state index in [0.29, 0.717) is 12.8 Å². The second kappa shape index (κ2) is 37.0. The average molecular weight is 749 g/mol. The van der Waals surface area contributed by atoms with Gasteiger partial charge in [0.15, 0.2) is 6.10 Å². The van der Waals surface area contributed by atoms with Crippen molar-refractivity contribution in [2.45, 2.75) is 206 Å². The third-order valence-corrected chi connectivity index (χ3v) is 9.87. The first-order valence-electron chi connectivity index (χ1n) is 20.6. The van der Waals surface area contributed by atoms with E-state index in [-0.39, 0.29) is 19.4 Å². The van der Waals surface area contributed by atoms with Gasteiger partial charge >= 0.3 is 19.8 Å². The summed E-state index contributed by atoms with van der Waals surface area (Å²) in [5.74, 6) is -0.927. The molecule has 0 rings (SSSR count). The summed E-state index contributed by atoms with van der Waals surface area (Å²) in [6.07, 6.45) is 33.2. The number of carbonyl (C=O) groups is 2. The predicted molar refractivity (Wildman–Crippen MR) is 205 cm³/mol. The fourth-order valence-electron chi connectivity index (χ4n) is 5.69. The second-order valence-corrected chi connectivity index (χ2v) is 15.5. The third-order valence-electron chi connectivity index (χ3n) is 8.92. The first-order chi connectivity index (χ1) is 24.7. The van der Waals surface area contributed by atoms with Crippen LogP contribution in [-0.4, -0.2) is 65.7 Å². The normalized spacial score (nSPS) is 14.1. The van der Waals surface area contributed by atoms with Gasteiger partial charge in [0.25, 0.3) is 0 Å². The molecule has 0 amide bonds. The van der Waals surface area contributed by atoms with Gasteiger partial charge in [-0.15, -0.1) is 0 Å². The Labute approximate surface area is 311 Å². The molecule has 3 N–H and O–H groups in total. The second-order valence-electron chi connectivity index (χ2n) is 14.0. The van der Waals surface area contributed by atoms with E-state index < -0.39 is 51.8 Å². The van der Waals surface area contributed by atoms with Crippen LogP contribution in [0.3, 0.4) is 0 Å². The van der Waals surface area contributed by atoms with Crippen molar-refractivity contribution in [1.29, 1.82) is 0 Å². The Kier molecular flexibility index (Phi) is 36.1. The molecule has 3 unspecified atom stereocenters. The first kappa shape index (κ1) is 49.7. The fourth-order valence-corrected chi connectivity index (χ4v) is 6.48. The lowest BCUT2D eigenvalue weighted by molar-refractivity contribution is -0.161. The summed E-state index contributed by atoms with van der Waals surface area (Å²) in [5, 5.41) is 18.3. The lowest BCUT2D eigenvalue weighted by Gasteiger charge is -2.20. The Morgan fingerprint density at radius 1 is 0.569 bits per heavy atom. The van der Waals surface area contributed by atoms with Crippen LogP contribution in [0, 0.1) is 0 Å². The van der Waals surface area contributed by atoms with E-state index in [1.54, 1.807) is 0 Å². The van der Waals surface area contributed by atoms with E-state index in [2.05, 4.69) is 30.5 Å². The lowest BCUT2D eigenvalue weighted by Crippen LogP contribution is -2.29. The van der Waals surface area contributed by atoms with Crippen molar-refractivity contribution in [2.75, 3.05) is 26.4 Å². The number of carbonyl (C=O) groups excluding carboxylic acids is 2. The standard InChI is InChI=1S/C40H77O10P/c1-3-5-7-9-11-13-15-17-18-20-21-23-25-27-29-31-39(43)47-35-38(36-49-51(45,46)48-34-37(42)33-41)50-40(44)32-30-28-26-24-22-19-16-14-12-10-8-6-4-2/h14,16,37-38,41-42H,3-13,15,17-36H2,1-2H3,(H,45,46). The van der Waals surface area contributed by atoms with Crippen molar-refractivity contribution >= 4 is 19.8 Å². The summed E-state index contributed by atoms with van der Waals surface area (Å²) < 4.78 is 32.6. The molecule has 0 spiro atoms. The number of phosphoric ester groups is 1. The van der Waals surface area contributed by atoms with Crippen molar-refractivity contribution in [2.24, 2.45) is 0 Å². The van der Waals surface area contributed by atoms with Crippen LogP contribution in [0.4, 0.5) is 0 Å². The number of esters is 2. The average Bonchev–Trinajstić information content (AvgIpc) is 3.12. The molecular weight excluding hydrogens is 671 g/mol. The van der Waals surface area contributed by atoms with Gasteiger partial charge in [0.1, 0.15) is 12.7 Å². The van der Waals surface area contributed by atoms with Crippen molar-refractivity contribution in [3.63, 3.8) is 0 Å². The summed E-state index contributed by atoms with van der Waals surface area (Å²) in [6.45, 7) is 2.37. The van der Waals surface area contributed by atoms with Gasteiger partial charge in [-0.05, 0) is 38.5 Å². The SMILES string of the molecule is CCCCCCC=CCCCCCCCC(=O)OC(COC(=O)CCCCCCCCCCCCCCCCC)COP(=O)(O)OCC(O)CO. The molecule has 0 heterocycles. The molecule has 0 aliphatic heterocycles. The molecule has 0 saturated heterocycles. The molecule has 0 radical (unpaired) electrons.